The number of allylic oxidation sites excluding steroid dienone is 4. The van der Waals surface area contributed by atoms with Gasteiger partial charge in [0.1, 0.15) is 0 Å². The van der Waals surface area contributed by atoms with Crippen LogP contribution in [0.1, 0.15) is 158 Å². The van der Waals surface area contributed by atoms with Crippen LogP contribution in [0, 0.1) is 104 Å². The average molecular weight is 903 g/mol. The van der Waals surface area contributed by atoms with Gasteiger partial charge < -0.3 is 15.0 Å². The summed E-state index contributed by atoms with van der Waals surface area (Å²) in [6.07, 6.45) is 17.4. The zero-order valence-corrected chi connectivity index (χ0v) is 43.0. The summed E-state index contributed by atoms with van der Waals surface area (Å²) in [5.74, 6) is -2.35. The van der Waals surface area contributed by atoms with Crippen molar-refractivity contribution in [2.24, 2.45) is 104 Å². The van der Waals surface area contributed by atoms with Crippen LogP contribution >= 0.6 is 0 Å². The number of hydrogen-bond donors (Lipinski definition) is 1. The summed E-state index contributed by atoms with van der Waals surface area (Å²) in [5, 5.41) is 23.2. The van der Waals surface area contributed by atoms with Gasteiger partial charge in [0.25, 0.3) is 0 Å². The van der Waals surface area contributed by atoms with Crippen LogP contribution in [-0.2, 0) is 28.8 Å². The third-order valence-corrected chi connectivity index (χ3v) is 22.0. The average Bonchev–Trinajstić information content (AvgIpc) is 3.67. The Kier molecular flexibility index (Phi) is 11.7. The van der Waals surface area contributed by atoms with Crippen molar-refractivity contribution in [2.45, 2.75) is 158 Å². The normalized spacial score (nSPS) is 46.8. The second kappa shape index (κ2) is 15.9. The Balaban J connectivity index is 0.00000533. The second-order valence-electron chi connectivity index (χ2n) is 25.0. The molecule has 10 aliphatic carbocycles. The van der Waals surface area contributed by atoms with Crippen LogP contribution in [0.25, 0.3) is 0 Å². The molecule has 350 valence electrons. The zero-order valence-electron chi connectivity index (χ0n) is 41.0. The number of carboxylic acids is 2. The van der Waals surface area contributed by atoms with Gasteiger partial charge in [-0.3, -0.25) is 33.8 Å². The van der Waals surface area contributed by atoms with E-state index in [2.05, 4.69) is 53.7 Å². The molecule has 2 saturated heterocycles. The Morgan fingerprint density at radius 2 is 1.02 bits per heavy atom. The maximum absolute atomic E-state index is 14.7. The summed E-state index contributed by atoms with van der Waals surface area (Å²) < 4.78 is 0. The molecule has 0 aromatic rings. The topological polar surface area (TPSA) is 152 Å². The predicted octanol–water partition coefficient (Wildman–Crippen LogP) is 5.24. The molecule has 4 amide bonds. The molecule has 2 heterocycles. The van der Waals surface area contributed by atoms with Crippen molar-refractivity contribution in [2.75, 3.05) is 13.1 Å². The summed E-state index contributed by atoms with van der Waals surface area (Å²) in [6, 6.07) is 0. The number of carboxylic acid groups (broad SMARTS) is 2. The molecule has 0 aromatic carbocycles. The summed E-state index contributed by atoms with van der Waals surface area (Å²) in [4.78, 5) is 87.0. The van der Waals surface area contributed by atoms with Gasteiger partial charge >= 0.3 is 35.5 Å². The maximum Gasteiger partial charge on any atom is 1.00 e. The van der Waals surface area contributed by atoms with E-state index in [1.807, 2.05) is 13.8 Å². The fraction of sp³-hybridized carbons (Fsp3) is 0.815. The molecule has 12 aliphatic rings. The number of nitrogens with zero attached hydrogens (tertiary/aromatic N) is 2. The first-order valence-corrected chi connectivity index (χ1v) is 25.7. The minimum atomic E-state index is -0.951. The molecule has 6 saturated carbocycles. The van der Waals surface area contributed by atoms with Crippen LogP contribution < -0.4 is 34.7 Å². The van der Waals surface area contributed by atoms with Crippen molar-refractivity contribution in [3.63, 3.8) is 0 Å². The summed E-state index contributed by atoms with van der Waals surface area (Å²) in [5.41, 5.74) is -0.362. The largest absolute Gasteiger partial charge is 1.00 e. The Bertz CT molecular complexity index is 2000. The minimum Gasteiger partial charge on any atom is -0.550 e. The third-order valence-electron chi connectivity index (χ3n) is 22.0. The van der Waals surface area contributed by atoms with Gasteiger partial charge in [-0.1, -0.05) is 97.4 Å². The van der Waals surface area contributed by atoms with Gasteiger partial charge in [0.05, 0.1) is 29.1 Å². The number of carbonyl (C=O) groups is 6. The number of fused-ring (bicyclic) bond motifs is 2. The van der Waals surface area contributed by atoms with Crippen molar-refractivity contribution < 1.29 is 68.5 Å². The van der Waals surface area contributed by atoms with E-state index in [0.29, 0.717) is 38.8 Å². The first-order valence-electron chi connectivity index (χ1n) is 25.7. The maximum atomic E-state index is 14.7. The van der Waals surface area contributed by atoms with Gasteiger partial charge in [0.2, 0.25) is 23.6 Å². The van der Waals surface area contributed by atoms with Gasteiger partial charge in [0, 0.05) is 35.3 Å². The number of aliphatic carboxylic acids is 2. The number of hydrogen-bond acceptors (Lipinski definition) is 7. The van der Waals surface area contributed by atoms with E-state index in [1.54, 1.807) is 9.80 Å². The molecular formula is C54H75N2NaO8. The minimum absolute atomic E-state index is 0. The predicted molar refractivity (Wildman–Crippen MR) is 238 cm³/mol. The van der Waals surface area contributed by atoms with Crippen LogP contribution in [0.4, 0.5) is 0 Å². The fourth-order valence-corrected chi connectivity index (χ4v) is 19.4. The van der Waals surface area contributed by atoms with Crippen molar-refractivity contribution in [3.8, 4) is 0 Å². The molecule has 8 fully saturated rings. The molecule has 65 heavy (non-hydrogen) atoms. The summed E-state index contributed by atoms with van der Waals surface area (Å²) in [7, 11) is 0. The van der Waals surface area contributed by atoms with E-state index in [0.717, 1.165) is 77.0 Å². The Morgan fingerprint density at radius 3 is 1.40 bits per heavy atom. The molecule has 12 rings (SSSR count). The molecule has 2 spiro atoms. The number of likely N-dealkylation sites (tertiary alicyclic amines) is 2. The molecule has 4 bridgehead atoms. The number of rotatable bonds is 11. The number of carbonyl (C=O) groups excluding carboxylic acids is 5. The molecule has 11 heteroatoms. The molecule has 10 nitrogen and oxygen atoms in total. The van der Waals surface area contributed by atoms with E-state index in [4.69, 9.17) is 0 Å². The first kappa shape index (κ1) is 47.8. The zero-order chi connectivity index (χ0) is 45.8. The van der Waals surface area contributed by atoms with Crippen LogP contribution in [0.15, 0.2) is 23.3 Å². The van der Waals surface area contributed by atoms with Crippen molar-refractivity contribution in [1.29, 1.82) is 0 Å². The van der Waals surface area contributed by atoms with Crippen LogP contribution in [0.2, 0.25) is 0 Å². The van der Waals surface area contributed by atoms with Crippen molar-refractivity contribution in [1.82, 2.24) is 9.80 Å². The molecule has 0 aromatic heterocycles. The monoisotopic (exact) mass is 903 g/mol. The van der Waals surface area contributed by atoms with E-state index in [1.165, 1.54) is 11.1 Å². The van der Waals surface area contributed by atoms with E-state index >= 15 is 0 Å². The quantitative estimate of drug-likeness (QED) is 0.128. The van der Waals surface area contributed by atoms with Crippen LogP contribution in [-0.4, -0.2) is 63.6 Å². The van der Waals surface area contributed by atoms with Gasteiger partial charge in [-0.2, -0.15) is 0 Å². The molecule has 0 radical (unpaired) electrons. The SMILES string of the molecule is CC(C)C1=CC23CCC4C(C)(C(=O)[O-])CCCC4(C)C2CC1C1C(=O)N(CCCCCCN2C(=O)C4C5CC6C7(C)CCCC(C)(C(=O)O)C7CCC6(C=C5C(C)C)C4C2=O)C(=O)C13.[Na+]. The van der Waals surface area contributed by atoms with E-state index < -0.39 is 39.5 Å². The van der Waals surface area contributed by atoms with Gasteiger partial charge in [-0.25, -0.2) is 0 Å². The summed E-state index contributed by atoms with van der Waals surface area (Å²) >= 11 is 0. The summed E-state index contributed by atoms with van der Waals surface area (Å²) in [6.45, 7) is 18.0. The Morgan fingerprint density at radius 1 is 0.615 bits per heavy atom. The van der Waals surface area contributed by atoms with E-state index in [-0.39, 0.29) is 129 Å². The van der Waals surface area contributed by atoms with Gasteiger partial charge in [-0.15, -0.1) is 0 Å². The Hall–Kier alpha value is -2.30. The van der Waals surface area contributed by atoms with Gasteiger partial charge in [-0.05, 0) is 142 Å². The van der Waals surface area contributed by atoms with Gasteiger partial charge in [0.15, 0.2) is 0 Å². The van der Waals surface area contributed by atoms with Crippen LogP contribution in [0.5, 0.6) is 0 Å². The number of imide groups is 2. The molecule has 2 aliphatic heterocycles. The van der Waals surface area contributed by atoms with Crippen molar-refractivity contribution in [3.05, 3.63) is 23.3 Å². The third kappa shape index (κ3) is 6.18. The molecule has 16 atom stereocenters. The second-order valence-corrected chi connectivity index (χ2v) is 25.0. The first-order chi connectivity index (χ1) is 30.1. The fourth-order valence-electron chi connectivity index (χ4n) is 19.4. The smallest absolute Gasteiger partial charge is 0.550 e. The van der Waals surface area contributed by atoms with E-state index in [9.17, 15) is 39.0 Å². The number of unbranched alkanes of at least 4 members (excludes halogenated alkanes) is 3. The molecular weight excluding hydrogens is 828 g/mol. The molecule has 1 N–H and O–H groups in total. The standard InChI is InChI=1S/C54H76N2O8.Na/c1-29(2)33-27-53-21-15-35-49(5,17-13-19-51(35,7)47(61)62)37(53)25-31(33)39-41(53)45(59)55(43(39)57)23-11-9-10-12-24-56-44(58)40-32-26-38-50(6)18-14-20-52(8,48(63)64)36(50)16-22-54(38,42(40)46(56)60)28-34(32)30(3)4;/h27-32,35-42H,9-26H2,1-8H3,(H,61,62)(H,63,64);/q;+1/p-1. The van der Waals surface area contributed by atoms with Crippen LogP contribution in [0.3, 0.4) is 0 Å². The Labute approximate surface area is 409 Å². The molecule has 16 unspecified atom stereocenters. The van der Waals surface area contributed by atoms with Crippen molar-refractivity contribution >= 4 is 35.6 Å². The number of amides is 4.